The third-order valence-corrected chi connectivity index (χ3v) is 8.72. The van der Waals surface area contributed by atoms with Crippen molar-refractivity contribution in [2.75, 3.05) is 26.2 Å². The van der Waals surface area contributed by atoms with Crippen LogP contribution in [0.1, 0.15) is 56.3 Å². The van der Waals surface area contributed by atoms with E-state index in [0.717, 1.165) is 21.2 Å². The summed E-state index contributed by atoms with van der Waals surface area (Å²) in [4.78, 5) is 30.3. The van der Waals surface area contributed by atoms with Gasteiger partial charge in [0.25, 0.3) is 0 Å². The maximum Gasteiger partial charge on any atom is 0.239 e. The van der Waals surface area contributed by atoms with Crippen LogP contribution in [0, 0.1) is 0 Å². The first-order valence-corrected chi connectivity index (χ1v) is 15.5. The third kappa shape index (κ3) is 8.89. The summed E-state index contributed by atoms with van der Waals surface area (Å²) in [7, 11) is 0. The topological polar surface area (TPSA) is 105 Å². The molecule has 2 amide bonds. The van der Waals surface area contributed by atoms with Gasteiger partial charge in [-0.2, -0.15) is 0 Å². The third-order valence-electron chi connectivity index (χ3n) is 7.49. The molecule has 4 atom stereocenters. The Balaban J connectivity index is 1.34. The molecular weight excluding hydrogens is 631 g/mol. The van der Waals surface area contributed by atoms with E-state index in [2.05, 4.69) is 31.5 Å². The van der Waals surface area contributed by atoms with Gasteiger partial charge in [-0.3, -0.25) is 19.4 Å². The summed E-state index contributed by atoms with van der Waals surface area (Å²) in [6.45, 7) is 8.52. The number of fused-ring (bicyclic) bond motifs is 1. The lowest BCUT2D eigenvalue weighted by Crippen LogP contribution is -2.61. The van der Waals surface area contributed by atoms with Crippen molar-refractivity contribution < 1.29 is 19.8 Å². The molecule has 4 N–H and O–H groups in total. The van der Waals surface area contributed by atoms with Gasteiger partial charge < -0.3 is 20.8 Å². The van der Waals surface area contributed by atoms with Crippen LogP contribution in [0.25, 0.3) is 0 Å². The van der Waals surface area contributed by atoms with Gasteiger partial charge in [0.05, 0.1) is 28.3 Å². The van der Waals surface area contributed by atoms with Crippen molar-refractivity contribution in [3.8, 4) is 0 Å². The molecule has 0 bridgehead atoms. The number of β-amino-alcohol motifs (C(OH)–C–C–N with tert-alkyl or cyclic N) is 1. The van der Waals surface area contributed by atoms with Crippen molar-refractivity contribution in [3.05, 3.63) is 67.6 Å². The van der Waals surface area contributed by atoms with Crippen molar-refractivity contribution in [2.24, 2.45) is 0 Å². The highest BCUT2D eigenvalue weighted by molar-refractivity contribution is 9.10. The first-order chi connectivity index (χ1) is 19.3. The SMILES string of the molecule is CC(C)(C)NC(=O)[C@@H]1CN(Cc2ccc(Cl)c(Cl)c2)CCN1C[C@@H](O)CCC(=O)N[C@H]1c2cc(Br)ccc2C[C@H]1O. The molecule has 0 unspecified atom stereocenters. The van der Waals surface area contributed by atoms with Gasteiger partial charge in [0.2, 0.25) is 11.8 Å². The van der Waals surface area contributed by atoms with E-state index in [1.807, 2.05) is 56.0 Å². The first-order valence-electron chi connectivity index (χ1n) is 14.0. The van der Waals surface area contributed by atoms with Crippen LogP contribution in [-0.4, -0.2) is 81.8 Å². The fourth-order valence-electron chi connectivity index (χ4n) is 5.51. The summed E-state index contributed by atoms with van der Waals surface area (Å²) in [5, 5.41) is 28.4. The molecular formula is C30H39BrCl2N4O4. The Labute approximate surface area is 260 Å². The highest BCUT2D eigenvalue weighted by atomic mass is 79.9. The van der Waals surface area contributed by atoms with Crippen LogP contribution in [0.4, 0.5) is 0 Å². The molecule has 224 valence electrons. The standard InChI is InChI=1S/C30H39BrCl2N4O4/c1-30(2,3)35-29(41)25-17-36(15-18-4-8-23(32)24(33)12-18)10-11-37(25)16-21(38)7-9-27(40)34-28-22-14-20(31)6-5-19(22)13-26(28)39/h4-6,8,12,14,21,25-26,28,38-39H,7,9-11,13,15-17H2,1-3H3,(H,34,40)(H,35,41)/t21-,25-,26+,28-/m0/s1. The fourth-order valence-corrected chi connectivity index (χ4v) is 6.21. The molecule has 1 aliphatic carbocycles. The number of benzene rings is 2. The quantitative estimate of drug-likeness (QED) is 0.321. The molecule has 41 heavy (non-hydrogen) atoms. The molecule has 8 nitrogen and oxygen atoms in total. The molecule has 0 aromatic heterocycles. The fraction of sp³-hybridized carbons (Fsp3) is 0.533. The smallest absolute Gasteiger partial charge is 0.239 e. The Morgan fingerprint density at radius 1 is 1.12 bits per heavy atom. The number of nitrogens with one attached hydrogen (secondary N) is 2. The van der Waals surface area contributed by atoms with Crippen LogP contribution >= 0.6 is 39.1 Å². The number of piperazine rings is 1. The number of carbonyl (C=O) groups is 2. The second-order valence-electron chi connectivity index (χ2n) is 12.1. The van der Waals surface area contributed by atoms with E-state index in [1.54, 1.807) is 6.07 Å². The number of hydrogen-bond acceptors (Lipinski definition) is 6. The maximum absolute atomic E-state index is 13.3. The van der Waals surface area contributed by atoms with Crippen LogP contribution in [-0.2, 0) is 22.6 Å². The van der Waals surface area contributed by atoms with Gasteiger partial charge >= 0.3 is 0 Å². The Hall–Kier alpha value is -1.72. The number of nitrogens with zero attached hydrogens (tertiary/aromatic N) is 2. The van der Waals surface area contributed by atoms with Crippen molar-refractivity contribution in [2.45, 2.75) is 76.4 Å². The van der Waals surface area contributed by atoms with Gasteiger partial charge in [-0.05, 0) is 68.1 Å². The van der Waals surface area contributed by atoms with Gasteiger partial charge in [0.15, 0.2) is 0 Å². The maximum atomic E-state index is 13.3. The van der Waals surface area contributed by atoms with Gasteiger partial charge in [-0.15, -0.1) is 0 Å². The van der Waals surface area contributed by atoms with Crippen LogP contribution in [0.2, 0.25) is 10.0 Å². The summed E-state index contributed by atoms with van der Waals surface area (Å²) in [5.74, 6) is -0.323. The molecule has 1 heterocycles. The van der Waals surface area contributed by atoms with Crippen molar-refractivity contribution in [3.63, 3.8) is 0 Å². The molecule has 0 radical (unpaired) electrons. The van der Waals surface area contributed by atoms with Gasteiger partial charge in [-0.25, -0.2) is 0 Å². The molecule has 11 heteroatoms. The Morgan fingerprint density at radius 3 is 2.59 bits per heavy atom. The zero-order valence-corrected chi connectivity index (χ0v) is 26.8. The summed E-state index contributed by atoms with van der Waals surface area (Å²) in [6, 6.07) is 10.4. The van der Waals surface area contributed by atoms with Crippen LogP contribution in [0.15, 0.2) is 40.9 Å². The van der Waals surface area contributed by atoms with E-state index in [4.69, 9.17) is 23.2 Å². The summed E-state index contributed by atoms with van der Waals surface area (Å²) >= 11 is 15.7. The molecule has 2 aliphatic rings. The monoisotopic (exact) mass is 668 g/mol. The Kier molecular flexibility index (Phi) is 10.8. The van der Waals surface area contributed by atoms with E-state index in [9.17, 15) is 19.8 Å². The van der Waals surface area contributed by atoms with Crippen molar-refractivity contribution in [1.82, 2.24) is 20.4 Å². The highest BCUT2D eigenvalue weighted by Crippen LogP contribution is 2.33. The minimum Gasteiger partial charge on any atom is -0.392 e. The average molecular weight is 670 g/mol. The molecule has 0 spiro atoms. The lowest BCUT2D eigenvalue weighted by molar-refractivity contribution is -0.131. The largest absolute Gasteiger partial charge is 0.392 e. The molecule has 1 saturated heterocycles. The normalized spacial score (nSPS) is 22.3. The molecule has 1 aliphatic heterocycles. The predicted octanol–water partition coefficient (Wildman–Crippen LogP) is 4.07. The molecule has 0 saturated carbocycles. The highest BCUT2D eigenvalue weighted by Gasteiger charge is 2.35. The number of aliphatic hydroxyl groups is 2. The molecule has 2 aromatic rings. The van der Waals surface area contributed by atoms with Crippen molar-refractivity contribution in [1.29, 1.82) is 0 Å². The number of hydrogen-bond donors (Lipinski definition) is 4. The summed E-state index contributed by atoms with van der Waals surface area (Å²) in [6.07, 6.45) is -0.621. The van der Waals surface area contributed by atoms with Gasteiger partial charge in [0.1, 0.15) is 6.04 Å². The summed E-state index contributed by atoms with van der Waals surface area (Å²) in [5.41, 5.74) is 2.54. The number of amides is 2. The Morgan fingerprint density at radius 2 is 1.88 bits per heavy atom. The lowest BCUT2D eigenvalue weighted by atomic mass is 10.0. The molecule has 2 aromatic carbocycles. The van der Waals surface area contributed by atoms with E-state index in [0.29, 0.717) is 42.6 Å². The zero-order valence-electron chi connectivity index (χ0n) is 23.7. The first kappa shape index (κ1) is 32.2. The van der Waals surface area contributed by atoms with E-state index in [-0.39, 0.29) is 31.2 Å². The number of rotatable bonds is 9. The van der Waals surface area contributed by atoms with Gasteiger partial charge in [0, 0.05) is 55.6 Å². The lowest BCUT2D eigenvalue weighted by Gasteiger charge is -2.42. The summed E-state index contributed by atoms with van der Waals surface area (Å²) < 4.78 is 0.891. The number of aliphatic hydroxyl groups excluding tert-OH is 2. The minimum atomic E-state index is -0.790. The van der Waals surface area contributed by atoms with E-state index < -0.39 is 29.8 Å². The Bertz CT molecular complexity index is 1260. The number of carbonyl (C=O) groups excluding carboxylic acids is 2. The van der Waals surface area contributed by atoms with Crippen molar-refractivity contribution >= 4 is 50.9 Å². The zero-order chi connectivity index (χ0) is 29.9. The minimum absolute atomic E-state index is 0.0960. The van der Waals surface area contributed by atoms with Crippen LogP contribution < -0.4 is 10.6 Å². The predicted molar refractivity (Wildman–Crippen MR) is 165 cm³/mol. The van der Waals surface area contributed by atoms with Gasteiger partial charge in [-0.1, -0.05) is 51.3 Å². The molecule has 4 rings (SSSR count). The average Bonchev–Trinajstić information content (AvgIpc) is 3.18. The van der Waals surface area contributed by atoms with Crippen LogP contribution in [0.3, 0.4) is 0 Å². The van der Waals surface area contributed by atoms with E-state index >= 15 is 0 Å². The second-order valence-corrected chi connectivity index (χ2v) is 13.8. The molecule has 1 fully saturated rings. The second kappa shape index (κ2) is 13.7. The van der Waals surface area contributed by atoms with E-state index in [1.165, 1.54) is 0 Å². The number of halogens is 3. The van der Waals surface area contributed by atoms with Crippen LogP contribution in [0.5, 0.6) is 0 Å².